The van der Waals surface area contributed by atoms with Gasteiger partial charge in [-0.05, 0) is 53.2 Å². The van der Waals surface area contributed by atoms with E-state index >= 15 is 0 Å². The minimum Gasteiger partial charge on any atom is -0.497 e. The van der Waals surface area contributed by atoms with Crippen molar-refractivity contribution in [2.24, 2.45) is 4.99 Å². The number of amidine groups is 1. The number of halogens is 3. The van der Waals surface area contributed by atoms with Gasteiger partial charge in [-0.2, -0.15) is 18.3 Å². The Kier molecular flexibility index (Phi) is 7.73. The maximum Gasteiger partial charge on any atom is 0.416 e. The van der Waals surface area contributed by atoms with E-state index in [-0.39, 0.29) is 23.8 Å². The van der Waals surface area contributed by atoms with Crippen LogP contribution < -0.4 is 10.1 Å². The van der Waals surface area contributed by atoms with Crippen LogP contribution in [0.3, 0.4) is 0 Å². The zero-order valence-electron chi connectivity index (χ0n) is 20.6. The Hall–Kier alpha value is -3.35. The molecule has 0 saturated carbocycles. The van der Waals surface area contributed by atoms with E-state index in [1.165, 1.54) is 35.7 Å². The number of hydrogen-bond donors (Lipinski definition) is 1. The van der Waals surface area contributed by atoms with E-state index in [0.717, 1.165) is 49.9 Å². The number of ether oxygens (including phenoxy) is 2. The third-order valence-electron chi connectivity index (χ3n) is 6.33. The number of carbonyl (C=O) groups is 1. The lowest BCUT2D eigenvalue weighted by Crippen LogP contribution is -2.37. The molecule has 1 N–H and O–H groups in total. The number of morpholine rings is 1. The maximum absolute atomic E-state index is 13.6. The van der Waals surface area contributed by atoms with Gasteiger partial charge in [-0.1, -0.05) is 12.1 Å². The predicted molar refractivity (Wildman–Crippen MR) is 140 cm³/mol. The van der Waals surface area contributed by atoms with Gasteiger partial charge in [-0.25, -0.2) is 0 Å². The predicted octanol–water partition coefficient (Wildman–Crippen LogP) is 4.00. The third-order valence-corrected chi connectivity index (χ3v) is 7.28. The first-order chi connectivity index (χ1) is 18.3. The summed E-state index contributed by atoms with van der Waals surface area (Å²) in [5.74, 6) is -0.0710. The van der Waals surface area contributed by atoms with Gasteiger partial charge in [0.1, 0.15) is 5.75 Å². The summed E-state index contributed by atoms with van der Waals surface area (Å²) >= 11 is 1.29. The fraction of sp³-hybridized carbons (Fsp3) is 0.346. The molecule has 2 fully saturated rings. The largest absolute Gasteiger partial charge is 0.497 e. The van der Waals surface area contributed by atoms with E-state index in [1.807, 2.05) is 12.1 Å². The van der Waals surface area contributed by atoms with Gasteiger partial charge < -0.3 is 14.8 Å². The van der Waals surface area contributed by atoms with Gasteiger partial charge in [-0.3, -0.25) is 19.4 Å². The summed E-state index contributed by atoms with van der Waals surface area (Å²) < 4.78 is 52.7. The van der Waals surface area contributed by atoms with E-state index < -0.39 is 11.7 Å². The van der Waals surface area contributed by atoms with Gasteiger partial charge in [0, 0.05) is 25.0 Å². The number of methoxy groups -OCH3 is 1. The van der Waals surface area contributed by atoms with Gasteiger partial charge in [-0.15, -0.1) is 0 Å². The zero-order valence-corrected chi connectivity index (χ0v) is 21.4. The molecular weight excluding hydrogens is 519 g/mol. The van der Waals surface area contributed by atoms with Crippen LogP contribution in [-0.4, -0.2) is 72.3 Å². The average molecular weight is 546 g/mol. The van der Waals surface area contributed by atoms with Crippen LogP contribution in [0, 0.1) is 0 Å². The van der Waals surface area contributed by atoms with Crippen LogP contribution in [0.25, 0.3) is 17.0 Å². The van der Waals surface area contributed by atoms with E-state index in [4.69, 9.17) is 9.47 Å². The molecule has 8 nitrogen and oxygen atoms in total. The second-order valence-corrected chi connectivity index (χ2v) is 9.88. The molecule has 2 aromatic carbocycles. The summed E-state index contributed by atoms with van der Waals surface area (Å²) in [6, 6.07) is 9.37. The number of aromatic nitrogens is 2. The van der Waals surface area contributed by atoms with Crippen molar-refractivity contribution in [3.05, 3.63) is 64.2 Å². The molecule has 0 bridgehead atoms. The molecule has 0 radical (unpaired) electrons. The second-order valence-electron chi connectivity index (χ2n) is 8.85. The quantitative estimate of drug-likeness (QED) is 0.452. The summed E-state index contributed by atoms with van der Waals surface area (Å²) in [5.41, 5.74) is 0.803. The van der Waals surface area contributed by atoms with Crippen LogP contribution in [-0.2, 0) is 22.3 Å². The average Bonchev–Trinajstić information content (AvgIpc) is 3.46. The molecule has 0 unspecified atom stereocenters. The van der Waals surface area contributed by atoms with Crippen molar-refractivity contribution in [3.63, 3.8) is 0 Å². The Morgan fingerprint density at radius 1 is 1.21 bits per heavy atom. The van der Waals surface area contributed by atoms with E-state index in [1.54, 1.807) is 18.3 Å². The molecule has 0 aliphatic carbocycles. The van der Waals surface area contributed by atoms with Crippen molar-refractivity contribution in [3.8, 4) is 5.75 Å². The van der Waals surface area contributed by atoms with Crippen molar-refractivity contribution in [1.82, 2.24) is 20.0 Å². The fourth-order valence-electron chi connectivity index (χ4n) is 4.34. The minimum atomic E-state index is -4.52. The lowest BCUT2D eigenvalue weighted by atomic mass is 10.1. The van der Waals surface area contributed by atoms with Gasteiger partial charge in [0.05, 0.1) is 55.6 Å². The Morgan fingerprint density at radius 3 is 2.79 bits per heavy atom. The molecule has 2 saturated heterocycles. The third kappa shape index (κ3) is 6.03. The van der Waals surface area contributed by atoms with Crippen molar-refractivity contribution in [2.45, 2.75) is 12.7 Å². The molecule has 5 rings (SSSR count). The molecule has 1 aromatic heterocycles. The second kappa shape index (κ2) is 11.2. The molecule has 12 heteroatoms. The molecule has 3 heterocycles. The molecule has 0 spiro atoms. The Bertz CT molecular complexity index is 1400. The van der Waals surface area contributed by atoms with E-state index in [9.17, 15) is 18.0 Å². The highest BCUT2D eigenvalue weighted by Crippen LogP contribution is 2.35. The topological polar surface area (TPSA) is 81.0 Å². The molecule has 1 amide bonds. The maximum atomic E-state index is 13.6. The number of amides is 1. The summed E-state index contributed by atoms with van der Waals surface area (Å²) in [5, 5.41) is 8.44. The number of thioether (sulfide) groups is 1. The molecule has 2 aliphatic heterocycles. The first-order valence-corrected chi connectivity index (χ1v) is 12.9. The van der Waals surface area contributed by atoms with Crippen LogP contribution in [0.5, 0.6) is 5.75 Å². The first kappa shape index (κ1) is 26.3. The number of fused-ring (bicyclic) bond motifs is 1. The number of rotatable bonds is 7. The van der Waals surface area contributed by atoms with Gasteiger partial charge in [0.25, 0.3) is 5.91 Å². The molecule has 3 aromatic rings. The summed E-state index contributed by atoms with van der Waals surface area (Å²) in [6.45, 7) is 4.58. The highest BCUT2D eigenvalue weighted by atomic mass is 32.2. The van der Waals surface area contributed by atoms with Crippen molar-refractivity contribution in [1.29, 1.82) is 0 Å². The number of benzene rings is 2. The summed E-state index contributed by atoms with van der Waals surface area (Å²) in [6.07, 6.45) is -1.14. The molecule has 200 valence electrons. The van der Waals surface area contributed by atoms with Crippen molar-refractivity contribution < 1.29 is 27.4 Å². The smallest absolute Gasteiger partial charge is 0.416 e. The normalized spacial score (nSPS) is 19.0. The van der Waals surface area contributed by atoms with Crippen LogP contribution in [0.2, 0.25) is 0 Å². The van der Waals surface area contributed by atoms with Crippen LogP contribution in [0.4, 0.5) is 13.2 Å². The van der Waals surface area contributed by atoms with Gasteiger partial charge in [0.2, 0.25) is 0 Å². The molecular formula is C26H26F3N5O3S. The van der Waals surface area contributed by atoms with E-state index in [0.29, 0.717) is 22.1 Å². The summed E-state index contributed by atoms with van der Waals surface area (Å²) in [7, 11) is 1.33. The summed E-state index contributed by atoms with van der Waals surface area (Å²) in [4.78, 5) is 19.8. The highest BCUT2D eigenvalue weighted by molar-refractivity contribution is 8.18. The van der Waals surface area contributed by atoms with Crippen molar-refractivity contribution in [2.75, 3.05) is 46.5 Å². The number of nitrogens with one attached hydrogen (secondary N) is 1. The Balaban J connectivity index is 1.29. The number of aliphatic imine (C=N–C) groups is 1. The fourth-order valence-corrected chi connectivity index (χ4v) is 5.18. The molecule has 38 heavy (non-hydrogen) atoms. The highest BCUT2D eigenvalue weighted by Gasteiger charge is 2.34. The van der Waals surface area contributed by atoms with Crippen LogP contribution >= 0.6 is 11.8 Å². The lowest BCUT2D eigenvalue weighted by Gasteiger charge is -2.25. The van der Waals surface area contributed by atoms with Gasteiger partial charge in [0.15, 0.2) is 5.17 Å². The number of nitrogens with zero attached hydrogens (tertiary/aromatic N) is 4. The lowest BCUT2D eigenvalue weighted by molar-refractivity contribution is -0.138. The Labute approximate surface area is 221 Å². The standard InChI is InChI=1S/C26H26F3N5O3S/c1-36-20-4-3-18(21(14-20)26(27,28)29)16-34-22-5-2-17(12-19(22)15-31-34)13-23-24(35)32-25(38-23)30-6-7-33-8-10-37-11-9-33/h2-5,12-15H,6-11,16H2,1H3,(H,30,32,35)/b23-13-. The zero-order chi connectivity index (χ0) is 26.7. The molecule has 2 aliphatic rings. The monoisotopic (exact) mass is 545 g/mol. The Morgan fingerprint density at radius 2 is 2.03 bits per heavy atom. The van der Waals surface area contributed by atoms with Gasteiger partial charge >= 0.3 is 6.18 Å². The van der Waals surface area contributed by atoms with Crippen molar-refractivity contribution >= 4 is 39.8 Å². The number of carbonyl (C=O) groups excluding carboxylic acids is 1. The minimum absolute atomic E-state index is 0.0503. The first-order valence-electron chi connectivity index (χ1n) is 12.1. The molecule has 0 atom stereocenters. The van der Waals surface area contributed by atoms with E-state index in [2.05, 4.69) is 20.3 Å². The number of hydrogen-bond acceptors (Lipinski definition) is 7. The van der Waals surface area contributed by atoms with Crippen LogP contribution in [0.15, 0.2) is 52.5 Å². The van der Waals surface area contributed by atoms with Crippen LogP contribution in [0.1, 0.15) is 16.7 Å². The number of alkyl halides is 3. The SMILES string of the molecule is COc1ccc(Cn2ncc3cc(/C=C4\SC(=NCCN5CCOCC5)NC4=O)ccc32)c(C(F)(F)F)c1.